The second-order valence-electron chi connectivity index (χ2n) is 8.91. The van der Waals surface area contributed by atoms with Gasteiger partial charge in [0.15, 0.2) is 0 Å². The van der Waals surface area contributed by atoms with Crippen LogP contribution in [0.5, 0.6) is 0 Å². The molecule has 4 nitrogen and oxygen atoms in total. The number of nitrogens with one attached hydrogen (secondary N) is 1. The van der Waals surface area contributed by atoms with Crippen LogP contribution in [0.15, 0.2) is 84.5 Å². The zero-order valence-corrected chi connectivity index (χ0v) is 21.2. The first-order chi connectivity index (χ1) is 16.2. The summed E-state index contributed by atoms with van der Waals surface area (Å²) in [5, 5.41) is 1.51. The average Bonchev–Trinajstić information content (AvgIpc) is 2.82. The Balaban J connectivity index is 2.37. The predicted octanol–water partition coefficient (Wildman–Crippen LogP) is 6.66. The molecule has 0 saturated carbocycles. The number of amides is 2. The smallest absolute Gasteiger partial charge is 0.268 e. The molecular weight excluding hydrogens is 420 g/mol. The Morgan fingerprint density at radius 1 is 1.03 bits per heavy atom. The van der Waals surface area contributed by atoms with E-state index in [2.05, 4.69) is 31.1 Å². The molecule has 2 rings (SSSR count). The average molecular weight is 459 g/mol. The second kappa shape index (κ2) is 13.3. The fraction of sp³-hybridized carbons (Fsp3) is 0.333. The van der Waals surface area contributed by atoms with Gasteiger partial charge in [-0.2, -0.15) is 0 Å². The van der Waals surface area contributed by atoms with Crippen LogP contribution in [0.1, 0.15) is 67.1 Å². The third-order valence-electron chi connectivity index (χ3n) is 5.86. The normalized spacial score (nSPS) is 12.7. The lowest BCUT2D eigenvalue weighted by Crippen LogP contribution is -2.52. The maximum atomic E-state index is 13.7. The molecule has 2 aromatic carbocycles. The minimum atomic E-state index is -0.286. The molecule has 0 aliphatic carbocycles. The van der Waals surface area contributed by atoms with Crippen LogP contribution >= 0.6 is 0 Å². The van der Waals surface area contributed by atoms with Gasteiger partial charge in [0.25, 0.3) is 11.8 Å². The summed E-state index contributed by atoms with van der Waals surface area (Å²) < 4.78 is 0. The van der Waals surface area contributed by atoms with Gasteiger partial charge in [0.2, 0.25) is 0 Å². The molecule has 4 heteroatoms. The Labute approximate surface area is 205 Å². The molecule has 0 heterocycles. The minimum Gasteiger partial charge on any atom is -0.268 e. The minimum absolute atomic E-state index is 0.215. The van der Waals surface area contributed by atoms with Crippen molar-refractivity contribution in [2.75, 3.05) is 0 Å². The first-order valence-electron chi connectivity index (χ1n) is 12.0. The van der Waals surface area contributed by atoms with Gasteiger partial charge in [0.05, 0.1) is 6.04 Å². The van der Waals surface area contributed by atoms with E-state index in [-0.39, 0.29) is 17.9 Å². The highest BCUT2D eigenvalue weighted by Gasteiger charge is 2.26. The first-order valence-corrected chi connectivity index (χ1v) is 12.0. The first kappa shape index (κ1) is 26.8. The molecule has 0 radical (unpaired) electrons. The van der Waals surface area contributed by atoms with E-state index in [0.29, 0.717) is 24.0 Å². The van der Waals surface area contributed by atoms with E-state index >= 15 is 0 Å². The summed E-state index contributed by atoms with van der Waals surface area (Å²) in [4.78, 5) is 26.8. The van der Waals surface area contributed by atoms with Crippen molar-refractivity contribution in [1.82, 2.24) is 10.4 Å². The van der Waals surface area contributed by atoms with Crippen molar-refractivity contribution in [2.24, 2.45) is 0 Å². The van der Waals surface area contributed by atoms with Crippen LogP contribution < -0.4 is 5.43 Å². The molecule has 0 aliphatic rings. The standard InChI is InChI=1S/C30H38N2O2/c1-7-12-28(18-17-26-13-10-9-11-14-26)32(30(34)27-20-23(4)19-24(5)21-27)31-29(33)25(6)16-15-22(3)8-2/h7,9-11,13-16,19-21,28H,1,8,12,17-18H2,2-6H3,(H,31,33)/b22-15+,25-16+/t28-/m0/s1. The lowest BCUT2D eigenvalue weighted by Gasteiger charge is -2.32. The van der Waals surface area contributed by atoms with E-state index in [0.717, 1.165) is 24.0 Å². The van der Waals surface area contributed by atoms with Gasteiger partial charge in [-0.3, -0.25) is 15.0 Å². The fourth-order valence-electron chi connectivity index (χ4n) is 3.73. The van der Waals surface area contributed by atoms with Gasteiger partial charge in [-0.25, -0.2) is 5.01 Å². The molecule has 34 heavy (non-hydrogen) atoms. The summed E-state index contributed by atoms with van der Waals surface area (Å²) in [6.45, 7) is 13.7. The summed E-state index contributed by atoms with van der Waals surface area (Å²) in [5.74, 6) is -0.500. The number of rotatable bonds is 10. The third kappa shape index (κ3) is 8.18. The molecule has 0 aliphatic heterocycles. The van der Waals surface area contributed by atoms with E-state index in [9.17, 15) is 9.59 Å². The Kier molecular flexibility index (Phi) is 10.5. The van der Waals surface area contributed by atoms with E-state index in [1.54, 1.807) is 19.1 Å². The van der Waals surface area contributed by atoms with E-state index in [4.69, 9.17) is 0 Å². The lowest BCUT2D eigenvalue weighted by atomic mass is 10.0. The zero-order valence-electron chi connectivity index (χ0n) is 21.2. The molecular formula is C30H38N2O2. The molecule has 2 amide bonds. The predicted molar refractivity (Wildman–Crippen MR) is 141 cm³/mol. The Hall–Kier alpha value is -3.40. The molecule has 2 aromatic rings. The van der Waals surface area contributed by atoms with Gasteiger partial charge in [0.1, 0.15) is 0 Å². The zero-order chi connectivity index (χ0) is 25.1. The number of nitrogens with zero attached hydrogens (tertiary/aromatic N) is 1. The topological polar surface area (TPSA) is 49.4 Å². The molecule has 0 aromatic heterocycles. The monoisotopic (exact) mass is 458 g/mol. The number of carbonyl (C=O) groups excluding carboxylic acids is 2. The van der Waals surface area contributed by atoms with Crippen LogP contribution in [0.2, 0.25) is 0 Å². The molecule has 0 fully saturated rings. The highest BCUT2D eigenvalue weighted by molar-refractivity contribution is 5.99. The Morgan fingerprint density at radius 2 is 1.68 bits per heavy atom. The van der Waals surface area contributed by atoms with E-state index in [1.165, 1.54) is 16.1 Å². The molecule has 1 N–H and O–H groups in total. The lowest BCUT2D eigenvalue weighted by molar-refractivity contribution is -0.122. The van der Waals surface area contributed by atoms with Gasteiger partial charge in [-0.1, -0.05) is 78.3 Å². The number of allylic oxidation sites excluding steroid dienone is 3. The second-order valence-corrected chi connectivity index (χ2v) is 8.91. The van der Waals surface area contributed by atoms with Gasteiger partial charge in [-0.05, 0) is 71.1 Å². The largest absolute Gasteiger partial charge is 0.272 e. The van der Waals surface area contributed by atoms with Crippen molar-refractivity contribution in [3.8, 4) is 0 Å². The van der Waals surface area contributed by atoms with Gasteiger partial charge < -0.3 is 0 Å². The van der Waals surface area contributed by atoms with E-state index in [1.807, 2.05) is 63.2 Å². The van der Waals surface area contributed by atoms with Crippen LogP contribution in [0.25, 0.3) is 0 Å². The van der Waals surface area contributed by atoms with Crippen LogP contribution in [-0.4, -0.2) is 22.9 Å². The summed E-state index contributed by atoms with van der Waals surface area (Å²) >= 11 is 0. The molecule has 0 saturated heterocycles. The Bertz CT molecular complexity index is 1030. The van der Waals surface area contributed by atoms with Crippen molar-refractivity contribution in [3.05, 3.63) is 107 Å². The van der Waals surface area contributed by atoms with Gasteiger partial charge >= 0.3 is 0 Å². The summed E-state index contributed by atoms with van der Waals surface area (Å²) in [6.07, 6.45) is 8.54. The number of carbonyl (C=O) groups is 2. The van der Waals surface area contributed by atoms with Crippen LogP contribution in [-0.2, 0) is 11.2 Å². The van der Waals surface area contributed by atoms with Crippen LogP contribution in [0.3, 0.4) is 0 Å². The van der Waals surface area contributed by atoms with Crippen molar-refractivity contribution >= 4 is 11.8 Å². The highest BCUT2D eigenvalue weighted by Crippen LogP contribution is 2.18. The van der Waals surface area contributed by atoms with Gasteiger partial charge in [0, 0.05) is 11.1 Å². The molecule has 0 bridgehead atoms. The molecule has 1 atom stereocenters. The number of hydrogen-bond acceptors (Lipinski definition) is 2. The maximum absolute atomic E-state index is 13.7. The summed E-state index contributed by atoms with van der Waals surface area (Å²) in [7, 11) is 0. The Morgan fingerprint density at radius 3 is 2.26 bits per heavy atom. The maximum Gasteiger partial charge on any atom is 0.272 e. The number of hydrazine groups is 1. The van der Waals surface area contributed by atoms with Gasteiger partial charge in [-0.15, -0.1) is 6.58 Å². The molecule has 180 valence electrons. The van der Waals surface area contributed by atoms with Crippen LogP contribution in [0.4, 0.5) is 0 Å². The quantitative estimate of drug-likeness (QED) is 0.187. The number of aryl methyl sites for hydroxylation is 3. The molecule has 0 spiro atoms. The highest BCUT2D eigenvalue weighted by atomic mass is 16.2. The molecule has 0 unspecified atom stereocenters. The van der Waals surface area contributed by atoms with Crippen molar-refractivity contribution < 1.29 is 9.59 Å². The third-order valence-corrected chi connectivity index (χ3v) is 5.86. The fourth-order valence-corrected chi connectivity index (χ4v) is 3.73. The van der Waals surface area contributed by atoms with Crippen molar-refractivity contribution in [3.63, 3.8) is 0 Å². The van der Waals surface area contributed by atoms with E-state index < -0.39 is 0 Å². The number of hydrogen-bond donors (Lipinski definition) is 1. The number of benzene rings is 2. The SMILES string of the molecule is C=CC[C@@H](CCc1ccccc1)N(NC(=O)/C(C)=C/C=C(\C)CC)C(=O)c1cc(C)cc(C)c1. The summed E-state index contributed by atoms with van der Waals surface area (Å²) in [5.41, 5.74) is 8.42. The van der Waals surface area contributed by atoms with Crippen LogP contribution in [0, 0.1) is 13.8 Å². The summed E-state index contributed by atoms with van der Waals surface area (Å²) in [6, 6.07) is 15.7. The van der Waals surface area contributed by atoms with Crippen molar-refractivity contribution in [1.29, 1.82) is 0 Å². The van der Waals surface area contributed by atoms with Crippen molar-refractivity contribution in [2.45, 2.75) is 66.3 Å².